The highest BCUT2D eigenvalue weighted by molar-refractivity contribution is 6.00. The normalized spacial score (nSPS) is 15.1. The van der Waals surface area contributed by atoms with Crippen molar-refractivity contribution in [2.24, 2.45) is 0 Å². The third-order valence-corrected chi connectivity index (χ3v) is 3.86. The van der Waals surface area contributed by atoms with Gasteiger partial charge in [0, 0.05) is 31.6 Å². The molecule has 1 aliphatic rings. The molecule has 1 aromatic heterocycles. The molecule has 0 atom stereocenters. The lowest BCUT2D eigenvalue weighted by Crippen LogP contribution is -2.27. The van der Waals surface area contributed by atoms with Crippen molar-refractivity contribution < 1.29 is 9.21 Å². The summed E-state index contributed by atoms with van der Waals surface area (Å²) in [6, 6.07) is 9.35. The number of nitrogens with zero attached hydrogens (tertiary/aromatic N) is 2. The van der Waals surface area contributed by atoms with Crippen LogP contribution in [-0.2, 0) is 12.8 Å². The van der Waals surface area contributed by atoms with Crippen LogP contribution in [-0.4, -0.2) is 35.4 Å². The molecule has 3 rings (SSSR count). The highest BCUT2D eigenvalue weighted by Crippen LogP contribution is 2.18. The molecule has 0 spiro atoms. The van der Waals surface area contributed by atoms with E-state index in [1.165, 1.54) is 0 Å². The molecule has 5 heteroatoms. The first kappa shape index (κ1) is 14.8. The summed E-state index contributed by atoms with van der Waals surface area (Å²) in [6.07, 6.45) is 2.82. The molecule has 0 fully saturated rings. The topological polar surface area (TPSA) is 58.4 Å². The highest BCUT2D eigenvalue weighted by Gasteiger charge is 2.22. The van der Waals surface area contributed by atoms with Crippen molar-refractivity contribution in [3.8, 4) is 0 Å². The molecule has 1 N–H and O–H groups in total. The smallest absolute Gasteiger partial charge is 0.311 e. The number of rotatable bonds is 4. The van der Waals surface area contributed by atoms with Crippen molar-refractivity contribution in [3.05, 3.63) is 47.7 Å². The van der Waals surface area contributed by atoms with Crippen molar-refractivity contribution in [2.45, 2.75) is 26.2 Å². The number of para-hydroxylation sites is 1. The Labute approximate surface area is 130 Å². The first-order chi connectivity index (χ1) is 10.8. The summed E-state index contributed by atoms with van der Waals surface area (Å²) < 4.78 is 5.70. The SMILES string of the molecule is CCCN1CCc2nc(C(=O)Nc3ccccc3)oc2CC1. The van der Waals surface area contributed by atoms with Crippen molar-refractivity contribution in [2.75, 3.05) is 25.0 Å². The Morgan fingerprint density at radius 3 is 2.82 bits per heavy atom. The average Bonchev–Trinajstić information content (AvgIpc) is 2.86. The van der Waals surface area contributed by atoms with Crippen LogP contribution in [0.2, 0.25) is 0 Å². The van der Waals surface area contributed by atoms with E-state index in [4.69, 9.17) is 4.42 Å². The number of carbonyl (C=O) groups excluding carboxylic acids is 1. The summed E-state index contributed by atoms with van der Waals surface area (Å²) >= 11 is 0. The third-order valence-electron chi connectivity index (χ3n) is 3.86. The Kier molecular flexibility index (Phi) is 4.53. The van der Waals surface area contributed by atoms with Crippen LogP contribution in [0, 0.1) is 0 Å². The first-order valence-corrected chi connectivity index (χ1v) is 7.83. The highest BCUT2D eigenvalue weighted by atomic mass is 16.4. The number of fused-ring (bicyclic) bond motifs is 1. The summed E-state index contributed by atoms with van der Waals surface area (Å²) in [7, 11) is 0. The molecule has 1 amide bonds. The van der Waals surface area contributed by atoms with Gasteiger partial charge in [-0.25, -0.2) is 4.98 Å². The summed E-state index contributed by atoms with van der Waals surface area (Å²) in [4.78, 5) is 19.0. The van der Waals surface area contributed by atoms with Gasteiger partial charge in [-0.2, -0.15) is 0 Å². The van der Waals surface area contributed by atoms with Crippen LogP contribution in [0.3, 0.4) is 0 Å². The lowest BCUT2D eigenvalue weighted by Gasteiger charge is -2.17. The number of carbonyl (C=O) groups is 1. The van der Waals surface area contributed by atoms with Crippen molar-refractivity contribution in [3.63, 3.8) is 0 Å². The van der Waals surface area contributed by atoms with Gasteiger partial charge in [0.15, 0.2) is 0 Å². The maximum absolute atomic E-state index is 12.2. The van der Waals surface area contributed by atoms with Crippen molar-refractivity contribution in [1.29, 1.82) is 0 Å². The van der Waals surface area contributed by atoms with Gasteiger partial charge in [-0.05, 0) is 25.1 Å². The lowest BCUT2D eigenvalue weighted by molar-refractivity contribution is 0.0988. The number of amides is 1. The van der Waals surface area contributed by atoms with Crippen LogP contribution in [0.15, 0.2) is 34.7 Å². The minimum Gasteiger partial charge on any atom is -0.437 e. The molecule has 5 nitrogen and oxygen atoms in total. The molecule has 2 heterocycles. The number of oxazole rings is 1. The monoisotopic (exact) mass is 299 g/mol. The van der Waals surface area contributed by atoms with Crippen LogP contribution in [0.25, 0.3) is 0 Å². The number of hydrogen-bond donors (Lipinski definition) is 1. The predicted octanol–water partition coefficient (Wildman–Crippen LogP) is 2.74. The molecule has 116 valence electrons. The standard InChI is InChI=1S/C17H21N3O2/c1-2-10-20-11-8-14-15(9-12-20)22-17(19-14)16(21)18-13-6-4-3-5-7-13/h3-7H,2,8-12H2,1H3,(H,18,21). The van der Waals surface area contributed by atoms with Crippen LogP contribution >= 0.6 is 0 Å². The minimum atomic E-state index is -0.287. The zero-order valence-corrected chi connectivity index (χ0v) is 12.8. The lowest BCUT2D eigenvalue weighted by atomic mass is 10.2. The van der Waals surface area contributed by atoms with Gasteiger partial charge in [-0.15, -0.1) is 0 Å². The molecule has 0 saturated carbocycles. The molecule has 2 aromatic rings. The fraction of sp³-hybridized carbons (Fsp3) is 0.412. The molecule has 0 saturated heterocycles. The van der Waals surface area contributed by atoms with Gasteiger partial charge in [0.1, 0.15) is 5.76 Å². The third kappa shape index (κ3) is 3.36. The summed E-state index contributed by atoms with van der Waals surface area (Å²) in [5.74, 6) is 0.735. The fourth-order valence-corrected chi connectivity index (χ4v) is 2.75. The first-order valence-electron chi connectivity index (χ1n) is 7.83. The number of benzene rings is 1. The van der Waals surface area contributed by atoms with Crippen LogP contribution in [0.4, 0.5) is 5.69 Å². The van der Waals surface area contributed by atoms with Crippen molar-refractivity contribution in [1.82, 2.24) is 9.88 Å². The van der Waals surface area contributed by atoms with Crippen molar-refractivity contribution >= 4 is 11.6 Å². The van der Waals surface area contributed by atoms with Gasteiger partial charge >= 0.3 is 5.91 Å². The molecule has 1 aromatic carbocycles. The zero-order valence-electron chi connectivity index (χ0n) is 12.8. The quantitative estimate of drug-likeness (QED) is 0.943. The molecule has 22 heavy (non-hydrogen) atoms. The van der Waals surface area contributed by atoms with Crippen LogP contribution in [0.1, 0.15) is 35.5 Å². The van der Waals surface area contributed by atoms with E-state index in [-0.39, 0.29) is 11.8 Å². The molecule has 1 aliphatic heterocycles. The fourth-order valence-electron chi connectivity index (χ4n) is 2.75. The van der Waals surface area contributed by atoms with E-state index < -0.39 is 0 Å². The van der Waals surface area contributed by atoms with E-state index in [1.54, 1.807) is 0 Å². The minimum absolute atomic E-state index is 0.165. The van der Waals surface area contributed by atoms with E-state index >= 15 is 0 Å². The maximum Gasteiger partial charge on any atom is 0.311 e. The molecule has 0 radical (unpaired) electrons. The Hall–Kier alpha value is -2.14. The van der Waals surface area contributed by atoms with E-state index in [0.717, 1.165) is 56.0 Å². The van der Waals surface area contributed by atoms with E-state index in [1.807, 2.05) is 30.3 Å². The molecule has 0 aliphatic carbocycles. The Morgan fingerprint density at radius 1 is 1.27 bits per heavy atom. The largest absolute Gasteiger partial charge is 0.437 e. The van der Waals surface area contributed by atoms with Gasteiger partial charge in [-0.3, -0.25) is 4.79 Å². The van der Waals surface area contributed by atoms with Gasteiger partial charge in [-0.1, -0.05) is 25.1 Å². The predicted molar refractivity (Wildman–Crippen MR) is 85.0 cm³/mol. The summed E-state index contributed by atoms with van der Waals surface area (Å²) in [5, 5.41) is 2.81. The number of aromatic nitrogens is 1. The van der Waals surface area contributed by atoms with E-state index in [0.29, 0.717) is 0 Å². The number of anilines is 1. The zero-order chi connectivity index (χ0) is 15.4. The summed E-state index contributed by atoms with van der Waals surface area (Å²) in [5.41, 5.74) is 1.67. The average molecular weight is 299 g/mol. The Balaban J connectivity index is 1.68. The molecular formula is C17H21N3O2. The Bertz CT molecular complexity index is 611. The molecule has 0 unspecified atom stereocenters. The second kappa shape index (κ2) is 6.75. The number of nitrogens with one attached hydrogen (secondary N) is 1. The van der Waals surface area contributed by atoms with Gasteiger partial charge < -0.3 is 14.6 Å². The molecule has 0 bridgehead atoms. The number of hydrogen-bond acceptors (Lipinski definition) is 4. The second-order valence-electron chi connectivity index (χ2n) is 5.55. The van der Waals surface area contributed by atoms with Gasteiger partial charge in [0.05, 0.1) is 5.69 Å². The van der Waals surface area contributed by atoms with Crippen LogP contribution in [0.5, 0.6) is 0 Å². The van der Waals surface area contributed by atoms with E-state index in [2.05, 4.69) is 22.1 Å². The molecular weight excluding hydrogens is 278 g/mol. The maximum atomic E-state index is 12.2. The van der Waals surface area contributed by atoms with Gasteiger partial charge in [0.25, 0.3) is 5.89 Å². The Morgan fingerprint density at radius 2 is 2.05 bits per heavy atom. The van der Waals surface area contributed by atoms with Gasteiger partial charge in [0.2, 0.25) is 0 Å². The van der Waals surface area contributed by atoms with E-state index in [9.17, 15) is 4.79 Å². The van der Waals surface area contributed by atoms with Crippen LogP contribution < -0.4 is 5.32 Å². The second-order valence-corrected chi connectivity index (χ2v) is 5.55. The summed E-state index contributed by atoms with van der Waals surface area (Å²) in [6.45, 7) is 5.24.